The number of rotatable bonds is 4. The van der Waals surface area contributed by atoms with Crippen LogP contribution >= 0.6 is 0 Å². The third-order valence-electron chi connectivity index (χ3n) is 5.20. The van der Waals surface area contributed by atoms with Crippen LogP contribution in [0.1, 0.15) is 18.9 Å². The highest BCUT2D eigenvalue weighted by atomic mass is 32.2. The number of hydrogen-bond acceptors (Lipinski definition) is 4. The molecule has 0 amide bonds. The fraction of sp³-hybridized carbons (Fsp3) is 0.316. The first-order valence-corrected chi connectivity index (χ1v) is 10.5. The quantitative estimate of drug-likeness (QED) is 0.721. The summed E-state index contributed by atoms with van der Waals surface area (Å²) in [5.41, 5.74) is 1.70. The predicted octanol–water partition coefficient (Wildman–Crippen LogP) is 3.17. The zero-order valence-corrected chi connectivity index (χ0v) is 15.7. The molecule has 1 N–H and O–H groups in total. The number of benzene rings is 2. The van der Waals surface area contributed by atoms with E-state index in [1.807, 2.05) is 24.3 Å². The van der Waals surface area contributed by atoms with E-state index in [-0.39, 0.29) is 22.3 Å². The number of imidazole rings is 1. The van der Waals surface area contributed by atoms with Crippen molar-refractivity contribution in [2.24, 2.45) is 0 Å². The highest BCUT2D eigenvalue weighted by Crippen LogP contribution is 2.33. The minimum atomic E-state index is -4.68. The molecule has 4 rings (SSSR count). The topological polar surface area (TPSA) is 75.2 Å². The van der Waals surface area contributed by atoms with Crippen LogP contribution in [0, 0.1) is 0 Å². The molecule has 0 atom stereocenters. The summed E-state index contributed by atoms with van der Waals surface area (Å²) < 4.78 is 51.8. The van der Waals surface area contributed by atoms with E-state index in [0.717, 1.165) is 11.0 Å². The minimum Gasteiger partial charge on any atom is -0.370 e. The van der Waals surface area contributed by atoms with E-state index in [1.165, 1.54) is 12.1 Å². The van der Waals surface area contributed by atoms with Crippen LogP contribution in [0.3, 0.4) is 0 Å². The number of anilines is 1. The van der Waals surface area contributed by atoms with Crippen molar-refractivity contribution in [1.29, 1.82) is 0 Å². The number of H-pyrrole nitrogens is 1. The van der Waals surface area contributed by atoms with Gasteiger partial charge in [-0.25, -0.2) is 13.2 Å². The smallest absolute Gasteiger partial charge is 0.341 e. The van der Waals surface area contributed by atoms with Gasteiger partial charge in [0.25, 0.3) is 0 Å². The molecule has 28 heavy (non-hydrogen) atoms. The van der Waals surface area contributed by atoms with Crippen LogP contribution in [0.25, 0.3) is 11.0 Å². The Morgan fingerprint density at radius 2 is 1.64 bits per heavy atom. The number of hydrogen-bond donors (Lipinski definition) is 1. The van der Waals surface area contributed by atoms with E-state index >= 15 is 0 Å². The molecular weight excluding hydrogens is 388 g/mol. The maximum absolute atomic E-state index is 13.0. The third kappa shape index (κ3) is 3.09. The van der Waals surface area contributed by atoms with Gasteiger partial charge in [-0.3, -0.25) is 4.57 Å². The molecule has 0 saturated carbocycles. The number of nitrogens with one attached hydrogen (secondary N) is 1. The predicted molar refractivity (Wildman–Crippen MR) is 103 cm³/mol. The Kier molecular flexibility index (Phi) is 4.70. The molecule has 0 aliphatic carbocycles. The molecule has 0 spiro atoms. The largest absolute Gasteiger partial charge is 0.370 e. The lowest BCUT2D eigenvalue weighted by molar-refractivity contribution is 0.234. The van der Waals surface area contributed by atoms with E-state index in [2.05, 4.69) is 4.98 Å². The SMILES string of the molecule is O=c1[nH]c2ccccc2n1C1CCN(c2ccccc2S(=O)(=O)C(F)F)CC1. The average Bonchev–Trinajstić information content (AvgIpc) is 3.03. The number of alkyl halides is 2. The van der Waals surface area contributed by atoms with Crippen molar-refractivity contribution in [2.75, 3.05) is 18.0 Å². The fourth-order valence-electron chi connectivity index (χ4n) is 3.86. The van der Waals surface area contributed by atoms with Crippen LogP contribution in [0.4, 0.5) is 14.5 Å². The number of para-hydroxylation sites is 3. The first kappa shape index (κ1) is 18.7. The summed E-state index contributed by atoms with van der Waals surface area (Å²) >= 11 is 0. The van der Waals surface area contributed by atoms with Crippen LogP contribution in [0.5, 0.6) is 0 Å². The van der Waals surface area contributed by atoms with E-state index in [1.54, 1.807) is 21.6 Å². The van der Waals surface area contributed by atoms with Gasteiger partial charge in [-0.1, -0.05) is 24.3 Å². The lowest BCUT2D eigenvalue weighted by Crippen LogP contribution is -2.37. The van der Waals surface area contributed by atoms with Crippen molar-refractivity contribution in [3.63, 3.8) is 0 Å². The van der Waals surface area contributed by atoms with Crippen molar-refractivity contribution in [2.45, 2.75) is 29.5 Å². The van der Waals surface area contributed by atoms with Gasteiger partial charge in [0.2, 0.25) is 9.84 Å². The Bertz CT molecular complexity index is 1160. The Balaban J connectivity index is 1.61. The molecule has 1 aliphatic rings. The molecule has 2 heterocycles. The van der Waals surface area contributed by atoms with Crippen molar-refractivity contribution in [3.8, 4) is 0 Å². The van der Waals surface area contributed by atoms with Gasteiger partial charge in [0, 0.05) is 19.1 Å². The zero-order chi connectivity index (χ0) is 19.9. The Labute approximate surface area is 160 Å². The molecule has 2 aromatic carbocycles. The summed E-state index contributed by atoms with van der Waals surface area (Å²) in [5.74, 6) is -3.46. The van der Waals surface area contributed by atoms with Gasteiger partial charge in [-0.05, 0) is 37.1 Å². The number of aromatic amines is 1. The van der Waals surface area contributed by atoms with Crippen LogP contribution in [0.15, 0.2) is 58.2 Å². The van der Waals surface area contributed by atoms with Crippen LogP contribution in [-0.4, -0.2) is 36.8 Å². The van der Waals surface area contributed by atoms with Crippen LogP contribution in [-0.2, 0) is 9.84 Å². The van der Waals surface area contributed by atoms with Crippen molar-refractivity contribution in [1.82, 2.24) is 9.55 Å². The normalized spacial score (nSPS) is 16.2. The summed E-state index contributed by atoms with van der Waals surface area (Å²) in [6, 6.07) is 13.2. The van der Waals surface area contributed by atoms with E-state index < -0.39 is 15.6 Å². The lowest BCUT2D eigenvalue weighted by Gasteiger charge is -2.35. The second kappa shape index (κ2) is 7.05. The first-order valence-electron chi connectivity index (χ1n) is 8.95. The standard InChI is InChI=1S/C19H19F2N3O3S/c20-18(21)28(26,27)17-8-4-3-7-16(17)23-11-9-13(10-12-23)24-15-6-2-1-5-14(15)22-19(24)25/h1-8,13,18H,9-12H2,(H,22,25). The summed E-state index contributed by atoms with van der Waals surface area (Å²) in [7, 11) is -4.68. The summed E-state index contributed by atoms with van der Waals surface area (Å²) in [6.07, 6.45) is 1.20. The Hall–Kier alpha value is -2.68. The number of nitrogens with zero attached hydrogens (tertiary/aromatic N) is 2. The second-order valence-corrected chi connectivity index (χ2v) is 8.70. The molecule has 0 unspecified atom stereocenters. The van der Waals surface area contributed by atoms with Crippen molar-refractivity contribution < 1.29 is 17.2 Å². The molecule has 9 heteroatoms. The number of aromatic nitrogens is 2. The first-order chi connectivity index (χ1) is 13.4. The fourth-order valence-corrected chi connectivity index (χ4v) is 4.81. The summed E-state index contributed by atoms with van der Waals surface area (Å²) in [4.78, 5) is 16.7. The van der Waals surface area contributed by atoms with Crippen molar-refractivity contribution in [3.05, 3.63) is 59.0 Å². The maximum atomic E-state index is 13.0. The van der Waals surface area contributed by atoms with Crippen molar-refractivity contribution >= 4 is 26.6 Å². The van der Waals surface area contributed by atoms with E-state index in [4.69, 9.17) is 0 Å². The van der Waals surface area contributed by atoms with Gasteiger partial charge < -0.3 is 9.88 Å². The average molecular weight is 407 g/mol. The molecule has 0 radical (unpaired) electrons. The summed E-state index contributed by atoms with van der Waals surface area (Å²) in [6.45, 7) is 0.929. The van der Waals surface area contributed by atoms with Crippen LogP contribution < -0.4 is 10.6 Å². The number of fused-ring (bicyclic) bond motifs is 1. The van der Waals surface area contributed by atoms with Gasteiger partial charge in [-0.15, -0.1) is 0 Å². The van der Waals surface area contributed by atoms with Crippen LogP contribution in [0.2, 0.25) is 0 Å². The van der Waals surface area contributed by atoms with E-state index in [9.17, 15) is 22.0 Å². The lowest BCUT2D eigenvalue weighted by atomic mass is 10.0. The molecular formula is C19H19F2N3O3S. The Morgan fingerprint density at radius 3 is 2.36 bits per heavy atom. The minimum absolute atomic E-state index is 0.0428. The van der Waals surface area contributed by atoms with Gasteiger partial charge in [0.05, 0.1) is 21.6 Å². The Morgan fingerprint density at radius 1 is 1.00 bits per heavy atom. The van der Waals surface area contributed by atoms with Gasteiger partial charge in [0.15, 0.2) is 0 Å². The number of piperidine rings is 1. The molecule has 1 aromatic heterocycles. The van der Waals surface area contributed by atoms with Gasteiger partial charge in [-0.2, -0.15) is 8.78 Å². The van der Waals surface area contributed by atoms with E-state index in [0.29, 0.717) is 25.9 Å². The highest BCUT2D eigenvalue weighted by Gasteiger charge is 2.32. The highest BCUT2D eigenvalue weighted by molar-refractivity contribution is 7.91. The molecule has 1 aliphatic heterocycles. The van der Waals surface area contributed by atoms with Gasteiger partial charge >= 0.3 is 11.4 Å². The molecule has 6 nitrogen and oxygen atoms in total. The second-order valence-electron chi connectivity index (χ2n) is 6.81. The monoisotopic (exact) mass is 407 g/mol. The third-order valence-corrected chi connectivity index (χ3v) is 6.63. The molecule has 0 bridgehead atoms. The molecule has 1 saturated heterocycles. The summed E-state index contributed by atoms with van der Waals surface area (Å²) in [5, 5.41) is 0. The number of sulfone groups is 1. The van der Waals surface area contributed by atoms with Gasteiger partial charge in [0.1, 0.15) is 0 Å². The molecule has 1 fully saturated rings. The molecule has 148 valence electrons. The molecule has 3 aromatic rings. The number of halogens is 2. The maximum Gasteiger partial charge on any atom is 0.341 e. The zero-order valence-electron chi connectivity index (χ0n) is 14.9.